The number of ether oxygens (including phenoxy) is 2. The maximum Gasteiger partial charge on any atom is 0.363 e. The van der Waals surface area contributed by atoms with Gasteiger partial charge in [0.05, 0.1) is 24.5 Å². The Morgan fingerprint density at radius 2 is 2.03 bits per heavy atom. The summed E-state index contributed by atoms with van der Waals surface area (Å²) in [6.45, 7) is 12.9. The summed E-state index contributed by atoms with van der Waals surface area (Å²) in [5.74, 6) is 1.72. The molecule has 0 spiro atoms. The predicted octanol–water partition coefficient (Wildman–Crippen LogP) is 4.00. The quantitative estimate of drug-likeness (QED) is 0.493. The van der Waals surface area contributed by atoms with Gasteiger partial charge in [0.15, 0.2) is 17.3 Å². The van der Waals surface area contributed by atoms with Crippen molar-refractivity contribution in [3.8, 4) is 11.5 Å². The predicted molar refractivity (Wildman–Crippen MR) is 116 cm³/mol. The Morgan fingerprint density at radius 1 is 1.31 bits per heavy atom. The minimum absolute atomic E-state index is 0.297. The van der Waals surface area contributed by atoms with E-state index in [-0.39, 0.29) is 5.41 Å². The molecule has 0 aliphatic carbocycles. The molecule has 0 bridgehead atoms. The van der Waals surface area contributed by atoms with Gasteiger partial charge in [0.25, 0.3) is 0 Å². The Bertz CT molecular complexity index is 919. The average molecular weight is 422 g/mol. The third-order valence-electron chi connectivity index (χ3n) is 3.69. The second-order valence-electron chi connectivity index (χ2n) is 7.93. The maximum absolute atomic E-state index is 11.5. The normalized spacial score (nSPS) is 11.9. The summed E-state index contributed by atoms with van der Waals surface area (Å²) in [6, 6.07) is 3.53. The molecule has 0 amide bonds. The van der Waals surface area contributed by atoms with Gasteiger partial charge in [-0.25, -0.2) is 9.89 Å². The van der Waals surface area contributed by atoms with E-state index in [9.17, 15) is 4.79 Å². The number of hydrogen-bond donors (Lipinski definition) is 2. The molecule has 9 heteroatoms. The molecule has 2 aromatic rings. The lowest BCUT2D eigenvalue weighted by molar-refractivity contribution is 0.248. The van der Waals surface area contributed by atoms with Crippen LogP contribution in [0, 0.1) is 5.92 Å². The van der Waals surface area contributed by atoms with E-state index in [1.807, 2.05) is 27.7 Å². The van der Waals surface area contributed by atoms with Gasteiger partial charge in [-0.05, 0) is 30.5 Å². The Morgan fingerprint density at radius 3 is 2.66 bits per heavy atom. The molecule has 0 saturated heterocycles. The monoisotopic (exact) mass is 421 g/mol. The van der Waals surface area contributed by atoms with Crippen molar-refractivity contribution < 1.29 is 9.47 Å². The van der Waals surface area contributed by atoms with Crippen molar-refractivity contribution in [3.63, 3.8) is 0 Å². The number of aromatic nitrogens is 3. The zero-order valence-electron chi connectivity index (χ0n) is 17.7. The van der Waals surface area contributed by atoms with Gasteiger partial charge in [0.1, 0.15) is 5.69 Å². The Hall–Kier alpha value is -2.61. The molecule has 0 aliphatic heterocycles. The van der Waals surface area contributed by atoms with Crippen molar-refractivity contribution in [2.75, 3.05) is 18.6 Å². The minimum Gasteiger partial charge on any atom is -0.490 e. The summed E-state index contributed by atoms with van der Waals surface area (Å²) in [7, 11) is 0. The lowest BCUT2D eigenvalue weighted by Crippen LogP contribution is -2.24. The number of hydrazone groups is 1. The molecule has 158 valence electrons. The van der Waals surface area contributed by atoms with Crippen molar-refractivity contribution in [1.82, 2.24) is 15.2 Å². The van der Waals surface area contributed by atoms with E-state index in [1.54, 1.807) is 18.3 Å². The van der Waals surface area contributed by atoms with Gasteiger partial charge in [0.2, 0.25) is 0 Å². The van der Waals surface area contributed by atoms with Crippen LogP contribution in [0.2, 0.25) is 5.02 Å². The largest absolute Gasteiger partial charge is 0.490 e. The summed E-state index contributed by atoms with van der Waals surface area (Å²) >= 11 is 6.40. The van der Waals surface area contributed by atoms with Crippen molar-refractivity contribution in [1.29, 1.82) is 0 Å². The van der Waals surface area contributed by atoms with Gasteiger partial charge in [-0.2, -0.15) is 15.2 Å². The van der Waals surface area contributed by atoms with E-state index in [4.69, 9.17) is 21.1 Å². The Labute approximate surface area is 175 Å². The molecule has 29 heavy (non-hydrogen) atoms. The number of hydrogen-bond acceptors (Lipinski definition) is 7. The van der Waals surface area contributed by atoms with E-state index in [0.29, 0.717) is 52.7 Å². The molecule has 0 radical (unpaired) electrons. The minimum atomic E-state index is -0.552. The zero-order valence-corrected chi connectivity index (χ0v) is 18.4. The van der Waals surface area contributed by atoms with E-state index in [1.165, 1.54) is 0 Å². The van der Waals surface area contributed by atoms with Crippen molar-refractivity contribution in [2.24, 2.45) is 11.0 Å². The molecule has 8 nitrogen and oxygen atoms in total. The van der Waals surface area contributed by atoms with Crippen molar-refractivity contribution >= 4 is 23.6 Å². The highest BCUT2D eigenvalue weighted by atomic mass is 35.5. The van der Waals surface area contributed by atoms with E-state index >= 15 is 0 Å². The molecular weight excluding hydrogens is 394 g/mol. The van der Waals surface area contributed by atoms with Gasteiger partial charge in [0, 0.05) is 5.41 Å². The number of nitrogens with one attached hydrogen (secondary N) is 2. The van der Waals surface area contributed by atoms with Crippen LogP contribution in [0.4, 0.5) is 5.82 Å². The first-order valence-electron chi connectivity index (χ1n) is 9.47. The first kappa shape index (κ1) is 22.7. The summed E-state index contributed by atoms with van der Waals surface area (Å²) in [5.41, 5.74) is 3.22. The first-order chi connectivity index (χ1) is 13.6. The highest BCUT2D eigenvalue weighted by Gasteiger charge is 2.21. The molecule has 0 saturated carbocycles. The van der Waals surface area contributed by atoms with Crippen molar-refractivity contribution in [2.45, 2.75) is 47.0 Å². The molecule has 0 aliphatic rings. The van der Waals surface area contributed by atoms with Gasteiger partial charge in [-0.1, -0.05) is 46.2 Å². The SMILES string of the molecule is CCOc1cc(/C=N/Nc2nc(=O)[nH]nc2C(C)(C)C)cc(Cl)c1OCC(C)C. The average Bonchev–Trinajstić information content (AvgIpc) is 2.60. The van der Waals surface area contributed by atoms with E-state index in [0.717, 1.165) is 0 Å². The number of benzene rings is 1. The van der Waals surface area contributed by atoms with Crippen LogP contribution in [-0.2, 0) is 5.41 Å². The fourth-order valence-electron chi connectivity index (χ4n) is 2.42. The summed E-state index contributed by atoms with van der Waals surface area (Å²) in [6.07, 6.45) is 1.57. The zero-order chi connectivity index (χ0) is 21.6. The van der Waals surface area contributed by atoms with Crippen LogP contribution >= 0.6 is 11.6 Å². The van der Waals surface area contributed by atoms with Gasteiger partial charge in [-0.3, -0.25) is 5.43 Å². The summed E-state index contributed by atoms with van der Waals surface area (Å²) < 4.78 is 11.5. The number of nitrogens with zero attached hydrogens (tertiary/aromatic N) is 3. The number of H-pyrrole nitrogens is 1. The van der Waals surface area contributed by atoms with Gasteiger partial charge < -0.3 is 9.47 Å². The van der Waals surface area contributed by atoms with Crippen LogP contribution in [0.1, 0.15) is 52.8 Å². The molecule has 0 unspecified atom stereocenters. The second kappa shape index (κ2) is 9.73. The first-order valence-corrected chi connectivity index (χ1v) is 9.85. The molecule has 0 fully saturated rings. The second-order valence-corrected chi connectivity index (χ2v) is 8.33. The molecule has 2 rings (SSSR count). The highest BCUT2D eigenvalue weighted by molar-refractivity contribution is 6.32. The molecule has 0 atom stereocenters. The topological polar surface area (TPSA) is 101 Å². The highest BCUT2D eigenvalue weighted by Crippen LogP contribution is 2.36. The molecular formula is C20H28ClN5O3. The smallest absolute Gasteiger partial charge is 0.363 e. The molecule has 1 aromatic heterocycles. The Balaban J connectivity index is 2.27. The van der Waals surface area contributed by atoms with Crippen LogP contribution < -0.4 is 20.6 Å². The lowest BCUT2D eigenvalue weighted by Gasteiger charge is -2.18. The standard InChI is InChI=1S/C20H28ClN5O3/c1-7-28-15-9-13(8-14(21)16(15)29-11-12(2)3)10-22-25-18-17(20(4,5)6)24-26-19(27)23-18/h8-10,12H,7,11H2,1-6H3,(H2,23,25,26,27)/b22-10+. The van der Waals surface area contributed by atoms with E-state index < -0.39 is 5.69 Å². The van der Waals surface area contributed by atoms with Gasteiger partial charge >= 0.3 is 5.69 Å². The third-order valence-corrected chi connectivity index (χ3v) is 3.97. The third kappa shape index (κ3) is 6.45. The maximum atomic E-state index is 11.5. The van der Waals surface area contributed by atoms with Crippen LogP contribution in [0.15, 0.2) is 22.0 Å². The van der Waals surface area contributed by atoms with Crippen LogP contribution in [-0.4, -0.2) is 34.6 Å². The summed E-state index contributed by atoms with van der Waals surface area (Å²) in [5, 5.41) is 11.1. The Kier molecular flexibility index (Phi) is 7.61. The number of anilines is 1. The molecule has 2 N–H and O–H groups in total. The fourth-order valence-corrected chi connectivity index (χ4v) is 2.69. The van der Waals surface area contributed by atoms with Crippen LogP contribution in [0.3, 0.4) is 0 Å². The summed E-state index contributed by atoms with van der Waals surface area (Å²) in [4.78, 5) is 15.5. The van der Waals surface area contributed by atoms with Gasteiger partial charge in [-0.15, -0.1) is 0 Å². The van der Waals surface area contributed by atoms with Crippen LogP contribution in [0.5, 0.6) is 11.5 Å². The van der Waals surface area contributed by atoms with E-state index in [2.05, 4.69) is 39.6 Å². The van der Waals surface area contributed by atoms with Crippen molar-refractivity contribution in [3.05, 3.63) is 38.9 Å². The van der Waals surface area contributed by atoms with Crippen LogP contribution in [0.25, 0.3) is 0 Å². The fraction of sp³-hybridized carbons (Fsp3) is 0.500. The number of rotatable bonds is 8. The number of halogens is 1. The number of aromatic amines is 1. The lowest BCUT2D eigenvalue weighted by atomic mass is 9.92. The molecule has 1 aromatic carbocycles. The molecule has 1 heterocycles.